The van der Waals surface area contributed by atoms with Crippen LogP contribution in [0, 0.1) is 0 Å². The summed E-state index contributed by atoms with van der Waals surface area (Å²) in [6.45, 7) is 4.02. The molecule has 0 bridgehead atoms. The molecule has 0 radical (unpaired) electrons. The first-order valence-corrected chi connectivity index (χ1v) is 9.13. The molecule has 1 atom stereocenters. The summed E-state index contributed by atoms with van der Waals surface area (Å²) < 4.78 is 1.69. The molecule has 2 N–H and O–H groups in total. The van der Waals surface area contributed by atoms with Gasteiger partial charge in [0.2, 0.25) is 5.91 Å². The molecule has 0 aromatic carbocycles. The minimum atomic E-state index is -0.732. The first-order chi connectivity index (χ1) is 12.4. The Morgan fingerprint density at radius 1 is 1.42 bits per heavy atom. The van der Waals surface area contributed by atoms with Gasteiger partial charge >= 0.3 is 6.03 Å². The molecule has 0 saturated carbocycles. The van der Waals surface area contributed by atoms with Crippen LogP contribution in [-0.4, -0.2) is 50.3 Å². The van der Waals surface area contributed by atoms with E-state index in [9.17, 15) is 14.4 Å². The van der Waals surface area contributed by atoms with Gasteiger partial charge in [0.1, 0.15) is 12.6 Å². The number of nitrogens with one attached hydrogen (secondary N) is 2. The highest BCUT2D eigenvalue weighted by molar-refractivity contribution is 7.09. The molecular formula is C16H20N6O3S. The van der Waals surface area contributed by atoms with Crippen LogP contribution in [0.5, 0.6) is 0 Å². The van der Waals surface area contributed by atoms with Crippen LogP contribution in [0.3, 0.4) is 0 Å². The van der Waals surface area contributed by atoms with E-state index in [2.05, 4.69) is 20.9 Å². The summed E-state index contributed by atoms with van der Waals surface area (Å²) in [6.07, 6.45) is 1.99. The summed E-state index contributed by atoms with van der Waals surface area (Å²) in [5, 5.41) is 15.2. The Morgan fingerprint density at radius 2 is 2.23 bits per heavy atom. The van der Waals surface area contributed by atoms with Crippen LogP contribution < -0.4 is 10.6 Å². The van der Waals surface area contributed by atoms with Gasteiger partial charge in [-0.3, -0.25) is 14.5 Å². The molecule has 4 amide bonds. The van der Waals surface area contributed by atoms with Gasteiger partial charge in [-0.2, -0.15) is 0 Å². The van der Waals surface area contributed by atoms with Gasteiger partial charge in [-0.05, 0) is 25.3 Å². The van der Waals surface area contributed by atoms with Crippen LogP contribution in [-0.2, 0) is 22.6 Å². The van der Waals surface area contributed by atoms with Crippen LogP contribution in [0.25, 0.3) is 0 Å². The Morgan fingerprint density at radius 3 is 2.88 bits per heavy atom. The summed E-state index contributed by atoms with van der Waals surface area (Å²) in [7, 11) is 0. The molecule has 138 valence electrons. The number of carbonyl (C=O) groups excluding carboxylic acids is 3. The van der Waals surface area contributed by atoms with Crippen molar-refractivity contribution >= 4 is 29.2 Å². The van der Waals surface area contributed by atoms with E-state index < -0.39 is 18.0 Å². The molecule has 1 fully saturated rings. The second kappa shape index (κ2) is 7.65. The molecule has 3 heterocycles. The quantitative estimate of drug-likeness (QED) is 0.692. The van der Waals surface area contributed by atoms with Crippen molar-refractivity contribution in [3.63, 3.8) is 0 Å². The Bertz CT molecular complexity index is 801. The van der Waals surface area contributed by atoms with E-state index in [1.807, 2.05) is 31.4 Å². The highest BCUT2D eigenvalue weighted by atomic mass is 32.1. The summed E-state index contributed by atoms with van der Waals surface area (Å²) in [6, 6.07) is 2.66. The third-order valence-corrected chi connectivity index (χ3v) is 4.83. The Balaban J connectivity index is 1.55. The lowest BCUT2D eigenvalue weighted by Gasteiger charge is -2.12. The molecule has 9 nitrogen and oxygen atoms in total. The fourth-order valence-electron chi connectivity index (χ4n) is 2.53. The molecule has 0 spiro atoms. The maximum absolute atomic E-state index is 12.4. The molecule has 0 aliphatic carbocycles. The number of hydrogen-bond acceptors (Lipinski definition) is 6. The number of hydrogen-bond donors (Lipinski definition) is 2. The number of amides is 4. The van der Waals surface area contributed by atoms with Crippen molar-refractivity contribution in [1.82, 2.24) is 30.5 Å². The number of imide groups is 1. The largest absolute Gasteiger partial charge is 0.350 e. The molecule has 1 aliphatic heterocycles. The average Bonchev–Trinajstić information content (AvgIpc) is 3.32. The third kappa shape index (κ3) is 4.07. The molecule has 0 unspecified atom stereocenters. The Hall–Kier alpha value is -2.75. The van der Waals surface area contributed by atoms with Gasteiger partial charge in [0.25, 0.3) is 5.91 Å². The van der Waals surface area contributed by atoms with Crippen molar-refractivity contribution in [2.24, 2.45) is 0 Å². The lowest BCUT2D eigenvalue weighted by atomic mass is 10.1. The zero-order valence-corrected chi connectivity index (χ0v) is 15.3. The van der Waals surface area contributed by atoms with E-state index in [0.717, 1.165) is 9.78 Å². The van der Waals surface area contributed by atoms with Crippen LogP contribution >= 0.6 is 11.3 Å². The predicted molar refractivity (Wildman–Crippen MR) is 94.3 cm³/mol. The lowest BCUT2D eigenvalue weighted by molar-refractivity contribution is -0.132. The second-order valence-electron chi connectivity index (χ2n) is 6.27. The van der Waals surface area contributed by atoms with E-state index in [4.69, 9.17) is 0 Å². The maximum atomic E-state index is 12.4. The molecule has 1 aliphatic rings. The number of rotatable bonds is 7. The number of thiophene rings is 1. The molecule has 2 aromatic rings. The van der Waals surface area contributed by atoms with E-state index in [1.54, 1.807) is 10.9 Å². The van der Waals surface area contributed by atoms with Crippen molar-refractivity contribution in [3.8, 4) is 0 Å². The lowest BCUT2D eigenvalue weighted by Crippen LogP contribution is -2.41. The van der Waals surface area contributed by atoms with Gasteiger partial charge in [0.15, 0.2) is 0 Å². The zero-order chi connectivity index (χ0) is 18.7. The minimum absolute atomic E-state index is 0.161. The van der Waals surface area contributed by atoms with Crippen molar-refractivity contribution in [1.29, 1.82) is 0 Å². The Kier molecular flexibility index (Phi) is 5.31. The van der Waals surface area contributed by atoms with Crippen molar-refractivity contribution in [3.05, 3.63) is 34.3 Å². The van der Waals surface area contributed by atoms with Gasteiger partial charge in [-0.1, -0.05) is 11.3 Å². The van der Waals surface area contributed by atoms with E-state index in [1.165, 1.54) is 11.3 Å². The maximum Gasteiger partial charge on any atom is 0.325 e. The molecule has 26 heavy (non-hydrogen) atoms. The van der Waals surface area contributed by atoms with Gasteiger partial charge in [0, 0.05) is 23.5 Å². The summed E-state index contributed by atoms with van der Waals surface area (Å²) in [5.41, 5.74) is 0.612. The molecule has 3 rings (SSSR count). The first-order valence-electron chi connectivity index (χ1n) is 8.25. The fourth-order valence-corrected chi connectivity index (χ4v) is 3.18. The Labute approximate surface area is 154 Å². The van der Waals surface area contributed by atoms with Crippen molar-refractivity contribution < 1.29 is 14.4 Å². The number of aromatic nitrogens is 3. The number of urea groups is 1. The molecular weight excluding hydrogens is 356 g/mol. The van der Waals surface area contributed by atoms with Crippen LogP contribution in [0.1, 0.15) is 30.5 Å². The van der Waals surface area contributed by atoms with E-state index >= 15 is 0 Å². The highest BCUT2D eigenvalue weighted by Crippen LogP contribution is 2.12. The van der Waals surface area contributed by atoms with Crippen molar-refractivity contribution in [2.75, 3.05) is 6.54 Å². The number of carbonyl (C=O) groups is 3. The monoisotopic (exact) mass is 376 g/mol. The van der Waals surface area contributed by atoms with E-state index in [0.29, 0.717) is 12.2 Å². The zero-order valence-electron chi connectivity index (χ0n) is 14.5. The molecule has 1 saturated heterocycles. The fraction of sp³-hybridized carbons (Fsp3) is 0.438. The van der Waals surface area contributed by atoms with Crippen molar-refractivity contribution in [2.45, 2.75) is 38.9 Å². The predicted octanol–water partition coefficient (Wildman–Crippen LogP) is 0.700. The van der Waals surface area contributed by atoms with Crippen LogP contribution in [0.4, 0.5) is 4.79 Å². The third-order valence-electron chi connectivity index (χ3n) is 3.95. The van der Waals surface area contributed by atoms with Crippen LogP contribution in [0.15, 0.2) is 23.7 Å². The van der Waals surface area contributed by atoms with Gasteiger partial charge in [-0.25, -0.2) is 9.48 Å². The second-order valence-corrected chi connectivity index (χ2v) is 7.30. The SMILES string of the molecule is CC(C)n1cc(C[C@H]2NC(=O)N(CC(=O)NCc3cccs3)C2=O)nn1. The van der Waals surface area contributed by atoms with Gasteiger partial charge in [-0.15, -0.1) is 16.4 Å². The standard InChI is InChI=1S/C16H20N6O3S/c1-10(2)22-8-11(19-20-22)6-13-15(24)21(16(25)18-13)9-14(23)17-7-12-4-3-5-26-12/h3-5,8,10,13H,6-7,9H2,1-2H3,(H,17,23)(H,18,25)/t13-/m1/s1. The smallest absolute Gasteiger partial charge is 0.325 e. The topological polar surface area (TPSA) is 109 Å². The molecule has 2 aromatic heterocycles. The normalized spacial score (nSPS) is 17.0. The highest BCUT2D eigenvalue weighted by Gasteiger charge is 2.39. The van der Waals surface area contributed by atoms with Gasteiger partial charge in [0.05, 0.1) is 12.2 Å². The average molecular weight is 376 g/mol. The van der Waals surface area contributed by atoms with E-state index in [-0.39, 0.29) is 24.9 Å². The first kappa shape index (κ1) is 18.1. The summed E-state index contributed by atoms with van der Waals surface area (Å²) in [5.74, 6) is -0.811. The van der Waals surface area contributed by atoms with Crippen LogP contribution in [0.2, 0.25) is 0 Å². The number of nitrogens with zero attached hydrogens (tertiary/aromatic N) is 4. The molecule has 10 heteroatoms. The van der Waals surface area contributed by atoms with Gasteiger partial charge < -0.3 is 10.6 Å². The minimum Gasteiger partial charge on any atom is -0.350 e. The summed E-state index contributed by atoms with van der Waals surface area (Å²) >= 11 is 1.52. The summed E-state index contributed by atoms with van der Waals surface area (Å²) in [4.78, 5) is 38.4.